The van der Waals surface area contributed by atoms with E-state index in [0.717, 1.165) is 23.3 Å². The molecule has 0 atom stereocenters. The lowest BCUT2D eigenvalue weighted by Crippen LogP contribution is -2.40. The predicted molar refractivity (Wildman–Crippen MR) is 89.5 cm³/mol. The first-order valence-electron chi connectivity index (χ1n) is 7.80. The van der Waals surface area contributed by atoms with E-state index in [9.17, 15) is 18.0 Å². The Morgan fingerprint density at radius 2 is 1.68 bits per heavy atom. The lowest BCUT2D eigenvalue weighted by Gasteiger charge is -2.27. The zero-order valence-corrected chi connectivity index (χ0v) is 14.0. The molecule has 0 spiro atoms. The summed E-state index contributed by atoms with van der Waals surface area (Å²) in [4.78, 5) is 11.0. The molecular weight excluding hydrogens is 331 g/mol. The summed E-state index contributed by atoms with van der Waals surface area (Å²) in [6.07, 6.45) is -3.79. The highest BCUT2D eigenvalue weighted by molar-refractivity contribution is 5.87. The van der Waals surface area contributed by atoms with E-state index in [1.165, 1.54) is 18.2 Å². The van der Waals surface area contributed by atoms with Crippen molar-refractivity contribution in [2.45, 2.75) is 38.5 Å². The van der Waals surface area contributed by atoms with Crippen molar-refractivity contribution >= 4 is 5.97 Å². The number of hydrogen-bond donors (Lipinski definition) is 2. The van der Waals surface area contributed by atoms with Gasteiger partial charge in [0.05, 0.1) is 11.1 Å². The topological polar surface area (TPSA) is 49.3 Å². The average molecular weight is 351 g/mol. The second kappa shape index (κ2) is 7.27. The Morgan fingerprint density at radius 1 is 1.04 bits per heavy atom. The molecule has 2 rings (SSSR count). The van der Waals surface area contributed by atoms with Crippen molar-refractivity contribution in [3.05, 3.63) is 70.8 Å². The zero-order chi connectivity index (χ0) is 18.7. The third-order valence-corrected chi connectivity index (χ3v) is 3.87. The first kappa shape index (κ1) is 19.0. The summed E-state index contributed by atoms with van der Waals surface area (Å²) in [5.74, 6) is -0.981. The second-order valence-electron chi connectivity index (χ2n) is 6.61. The maximum Gasteiger partial charge on any atom is 0.416 e. The molecule has 0 heterocycles. The standard InChI is InChI=1S/C19H20F3NO2/c1-18(2,11-13-6-8-16(9-7-13)19(20,21)22)23-12-14-4-3-5-15(10-14)17(24)25/h3-10,23H,11-12H2,1-2H3,(H,24,25). The third-order valence-electron chi connectivity index (χ3n) is 3.87. The number of nitrogens with one attached hydrogen (secondary N) is 1. The number of carboxylic acid groups (broad SMARTS) is 1. The summed E-state index contributed by atoms with van der Waals surface area (Å²) in [5, 5.41) is 12.3. The van der Waals surface area contributed by atoms with Crippen LogP contribution in [-0.4, -0.2) is 16.6 Å². The van der Waals surface area contributed by atoms with Crippen LogP contribution in [0.25, 0.3) is 0 Å². The fourth-order valence-electron chi connectivity index (χ4n) is 2.54. The summed E-state index contributed by atoms with van der Waals surface area (Å²) < 4.78 is 37.8. The van der Waals surface area contributed by atoms with E-state index >= 15 is 0 Å². The van der Waals surface area contributed by atoms with Gasteiger partial charge in [0.25, 0.3) is 0 Å². The van der Waals surface area contributed by atoms with E-state index in [1.54, 1.807) is 12.1 Å². The van der Waals surface area contributed by atoms with Crippen LogP contribution in [0.4, 0.5) is 13.2 Å². The fraction of sp³-hybridized carbons (Fsp3) is 0.316. The highest BCUT2D eigenvalue weighted by Gasteiger charge is 2.30. The van der Waals surface area contributed by atoms with E-state index in [1.807, 2.05) is 19.9 Å². The van der Waals surface area contributed by atoms with E-state index < -0.39 is 17.7 Å². The van der Waals surface area contributed by atoms with Gasteiger partial charge in [-0.15, -0.1) is 0 Å². The van der Waals surface area contributed by atoms with Gasteiger partial charge in [0, 0.05) is 12.1 Å². The number of carboxylic acids is 1. The molecule has 134 valence electrons. The predicted octanol–water partition coefficient (Wildman–Crippen LogP) is 4.51. The third kappa shape index (κ3) is 5.60. The molecule has 3 nitrogen and oxygen atoms in total. The minimum absolute atomic E-state index is 0.222. The largest absolute Gasteiger partial charge is 0.478 e. The average Bonchev–Trinajstić information content (AvgIpc) is 2.52. The molecule has 2 aromatic rings. The number of alkyl halides is 3. The lowest BCUT2D eigenvalue weighted by atomic mass is 9.94. The van der Waals surface area contributed by atoms with Gasteiger partial charge in [0.15, 0.2) is 0 Å². The van der Waals surface area contributed by atoms with Crippen LogP contribution in [-0.2, 0) is 19.1 Å². The molecule has 0 aromatic heterocycles. The summed E-state index contributed by atoms with van der Waals surface area (Å²) in [5.41, 5.74) is 0.830. The van der Waals surface area contributed by atoms with Gasteiger partial charge in [-0.25, -0.2) is 4.79 Å². The first-order valence-corrected chi connectivity index (χ1v) is 7.80. The van der Waals surface area contributed by atoms with Gasteiger partial charge in [-0.05, 0) is 55.7 Å². The molecule has 0 bridgehead atoms. The monoisotopic (exact) mass is 351 g/mol. The van der Waals surface area contributed by atoms with Gasteiger partial charge in [-0.3, -0.25) is 0 Å². The molecule has 2 aromatic carbocycles. The van der Waals surface area contributed by atoms with Gasteiger partial charge >= 0.3 is 12.1 Å². The molecule has 2 N–H and O–H groups in total. The lowest BCUT2D eigenvalue weighted by molar-refractivity contribution is -0.137. The van der Waals surface area contributed by atoms with Crippen LogP contribution < -0.4 is 5.32 Å². The molecule has 0 saturated carbocycles. The highest BCUT2D eigenvalue weighted by Crippen LogP contribution is 2.29. The van der Waals surface area contributed by atoms with Crippen molar-refractivity contribution < 1.29 is 23.1 Å². The van der Waals surface area contributed by atoms with Crippen molar-refractivity contribution in [3.63, 3.8) is 0 Å². The number of hydrogen-bond acceptors (Lipinski definition) is 2. The van der Waals surface area contributed by atoms with E-state index in [2.05, 4.69) is 5.32 Å². The molecule has 25 heavy (non-hydrogen) atoms. The maximum atomic E-state index is 12.6. The van der Waals surface area contributed by atoms with Crippen LogP contribution in [0.5, 0.6) is 0 Å². The van der Waals surface area contributed by atoms with Crippen LogP contribution in [0.2, 0.25) is 0 Å². The number of carbonyl (C=O) groups is 1. The summed E-state index contributed by atoms with van der Waals surface area (Å²) in [6, 6.07) is 11.8. The van der Waals surface area contributed by atoms with Crippen LogP contribution in [0.3, 0.4) is 0 Å². The smallest absolute Gasteiger partial charge is 0.416 e. The van der Waals surface area contributed by atoms with Crippen molar-refractivity contribution in [1.82, 2.24) is 5.32 Å². The number of benzene rings is 2. The number of rotatable bonds is 6. The van der Waals surface area contributed by atoms with Crippen LogP contribution in [0.1, 0.15) is 40.9 Å². The summed E-state index contributed by atoms with van der Waals surface area (Å²) in [7, 11) is 0. The number of halogens is 3. The molecular formula is C19H20F3NO2. The fourth-order valence-corrected chi connectivity index (χ4v) is 2.54. The Bertz CT molecular complexity index is 737. The van der Waals surface area contributed by atoms with Gasteiger partial charge in [0.2, 0.25) is 0 Å². The normalized spacial score (nSPS) is 12.2. The van der Waals surface area contributed by atoms with Crippen LogP contribution in [0, 0.1) is 0 Å². The van der Waals surface area contributed by atoms with E-state index in [-0.39, 0.29) is 11.1 Å². The van der Waals surface area contributed by atoms with Gasteiger partial charge in [0.1, 0.15) is 0 Å². The van der Waals surface area contributed by atoms with Crippen molar-refractivity contribution in [2.24, 2.45) is 0 Å². The Kier molecular flexibility index (Phi) is 5.52. The Morgan fingerprint density at radius 3 is 2.24 bits per heavy atom. The molecule has 0 saturated heterocycles. The maximum absolute atomic E-state index is 12.6. The van der Waals surface area contributed by atoms with Crippen LogP contribution >= 0.6 is 0 Å². The quantitative estimate of drug-likeness (QED) is 0.805. The SMILES string of the molecule is CC(C)(Cc1ccc(C(F)(F)F)cc1)NCc1cccc(C(=O)O)c1. The van der Waals surface area contributed by atoms with Gasteiger partial charge in [-0.2, -0.15) is 13.2 Å². The summed E-state index contributed by atoms with van der Waals surface area (Å²) >= 11 is 0. The van der Waals surface area contributed by atoms with E-state index in [4.69, 9.17) is 5.11 Å². The molecule has 0 aliphatic rings. The van der Waals surface area contributed by atoms with Gasteiger partial charge < -0.3 is 10.4 Å². The highest BCUT2D eigenvalue weighted by atomic mass is 19.4. The molecule has 6 heteroatoms. The van der Waals surface area contributed by atoms with Crippen LogP contribution in [0.15, 0.2) is 48.5 Å². The molecule has 0 aliphatic carbocycles. The second-order valence-corrected chi connectivity index (χ2v) is 6.61. The Hall–Kier alpha value is -2.34. The Labute approximate surface area is 144 Å². The molecule has 0 aliphatic heterocycles. The van der Waals surface area contributed by atoms with Crippen molar-refractivity contribution in [3.8, 4) is 0 Å². The molecule has 0 radical (unpaired) electrons. The van der Waals surface area contributed by atoms with Gasteiger partial charge in [-0.1, -0.05) is 24.3 Å². The molecule has 0 amide bonds. The Balaban J connectivity index is 1.99. The molecule has 0 unspecified atom stereocenters. The molecule has 0 fully saturated rings. The van der Waals surface area contributed by atoms with Crippen molar-refractivity contribution in [1.29, 1.82) is 0 Å². The number of aromatic carboxylic acids is 1. The zero-order valence-electron chi connectivity index (χ0n) is 14.0. The summed E-state index contributed by atoms with van der Waals surface area (Å²) in [6.45, 7) is 4.37. The van der Waals surface area contributed by atoms with Crippen molar-refractivity contribution in [2.75, 3.05) is 0 Å². The minimum atomic E-state index is -4.33. The van der Waals surface area contributed by atoms with E-state index in [0.29, 0.717) is 13.0 Å². The first-order chi connectivity index (χ1) is 11.6. The minimum Gasteiger partial charge on any atom is -0.478 e.